The van der Waals surface area contributed by atoms with Gasteiger partial charge >= 0.3 is 0 Å². The fourth-order valence-electron chi connectivity index (χ4n) is 2.96. The van der Waals surface area contributed by atoms with E-state index in [1.54, 1.807) is 6.20 Å². The van der Waals surface area contributed by atoms with E-state index in [2.05, 4.69) is 33.3 Å². The first-order valence-corrected chi connectivity index (χ1v) is 7.59. The molecule has 3 heterocycles. The van der Waals surface area contributed by atoms with Gasteiger partial charge in [0.2, 0.25) is 5.95 Å². The molecule has 1 aliphatic heterocycles. The minimum absolute atomic E-state index is 0.218. The van der Waals surface area contributed by atoms with Gasteiger partial charge in [-0.2, -0.15) is 0 Å². The van der Waals surface area contributed by atoms with E-state index in [0.29, 0.717) is 5.95 Å². The van der Waals surface area contributed by atoms with Gasteiger partial charge in [-0.05, 0) is 30.5 Å². The van der Waals surface area contributed by atoms with Gasteiger partial charge in [-0.15, -0.1) is 0 Å². The second kappa shape index (κ2) is 6.08. The van der Waals surface area contributed by atoms with Crippen molar-refractivity contribution in [3.63, 3.8) is 0 Å². The van der Waals surface area contributed by atoms with Crippen molar-refractivity contribution in [1.82, 2.24) is 15.0 Å². The van der Waals surface area contributed by atoms with Crippen molar-refractivity contribution in [2.24, 2.45) is 0 Å². The van der Waals surface area contributed by atoms with Crippen molar-refractivity contribution < 1.29 is 0 Å². The number of hydrogen-bond acceptors (Lipinski definition) is 5. The van der Waals surface area contributed by atoms with Crippen LogP contribution in [0.2, 0.25) is 0 Å². The number of hydrogen-bond donors (Lipinski definition) is 2. The Kier molecular flexibility index (Phi) is 3.99. The summed E-state index contributed by atoms with van der Waals surface area (Å²) < 4.78 is 0. The predicted octanol–water partition coefficient (Wildman–Crippen LogP) is 2.74. The molecule has 0 saturated heterocycles. The molecule has 3 N–H and O–H groups in total. The number of nitrogens with one attached hydrogen (secondary N) is 1. The number of nitrogens with two attached hydrogens (primary N) is 1. The number of pyridine rings is 1. The molecule has 110 valence electrons. The number of rotatable bonds is 5. The summed E-state index contributed by atoms with van der Waals surface area (Å²) in [6.45, 7) is 3.05. The summed E-state index contributed by atoms with van der Waals surface area (Å²) in [5, 5.41) is 3.39. The highest BCUT2D eigenvalue weighted by molar-refractivity contribution is 5.58. The van der Waals surface area contributed by atoms with Crippen LogP contribution in [0, 0.1) is 0 Å². The molecule has 0 saturated carbocycles. The number of fused-ring (bicyclic) bond motifs is 1. The smallest absolute Gasteiger partial charge is 0.220 e. The van der Waals surface area contributed by atoms with E-state index >= 15 is 0 Å². The van der Waals surface area contributed by atoms with Crippen molar-refractivity contribution in [2.75, 3.05) is 17.6 Å². The summed E-state index contributed by atoms with van der Waals surface area (Å²) in [6.07, 6.45) is 8.42. The van der Waals surface area contributed by atoms with E-state index in [0.717, 1.165) is 24.5 Å². The third kappa shape index (κ3) is 2.82. The maximum atomic E-state index is 5.72. The third-order valence-electron chi connectivity index (χ3n) is 4.00. The summed E-state index contributed by atoms with van der Waals surface area (Å²) in [5.41, 5.74) is 9.35. The van der Waals surface area contributed by atoms with Crippen molar-refractivity contribution >= 4 is 11.8 Å². The summed E-state index contributed by atoms with van der Waals surface area (Å²) in [4.78, 5) is 12.8. The summed E-state index contributed by atoms with van der Waals surface area (Å²) in [6, 6.07) is 4.08. The topological polar surface area (TPSA) is 76.7 Å². The van der Waals surface area contributed by atoms with Crippen LogP contribution in [0.3, 0.4) is 0 Å². The molecule has 0 aromatic carbocycles. The van der Waals surface area contributed by atoms with Crippen molar-refractivity contribution in [3.05, 3.63) is 41.3 Å². The molecule has 3 rings (SSSR count). The Morgan fingerprint density at radius 3 is 2.90 bits per heavy atom. The highest BCUT2D eigenvalue weighted by atomic mass is 15.0. The molecule has 2 aromatic rings. The van der Waals surface area contributed by atoms with Gasteiger partial charge in [0.25, 0.3) is 0 Å². The predicted molar refractivity (Wildman–Crippen MR) is 84.2 cm³/mol. The summed E-state index contributed by atoms with van der Waals surface area (Å²) in [7, 11) is 0. The molecule has 5 nitrogen and oxygen atoms in total. The second-order valence-corrected chi connectivity index (χ2v) is 5.46. The Morgan fingerprint density at radius 1 is 1.24 bits per heavy atom. The fourth-order valence-corrected chi connectivity index (χ4v) is 2.96. The van der Waals surface area contributed by atoms with Gasteiger partial charge in [0.15, 0.2) is 0 Å². The Morgan fingerprint density at radius 2 is 2.10 bits per heavy atom. The quantitative estimate of drug-likeness (QED) is 0.825. The molecule has 0 radical (unpaired) electrons. The lowest BCUT2D eigenvalue weighted by Crippen LogP contribution is -2.09. The average molecular weight is 283 g/mol. The molecular weight excluding hydrogens is 262 g/mol. The van der Waals surface area contributed by atoms with Crippen molar-refractivity contribution in [1.29, 1.82) is 0 Å². The van der Waals surface area contributed by atoms with Crippen LogP contribution in [-0.4, -0.2) is 21.5 Å². The minimum Gasteiger partial charge on any atom is -0.369 e. The Hall–Kier alpha value is -2.17. The first kappa shape index (κ1) is 13.8. The zero-order chi connectivity index (χ0) is 14.7. The van der Waals surface area contributed by atoms with Crippen molar-refractivity contribution in [2.45, 2.75) is 38.5 Å². The van der Waals surface area contributed by atoms with Crippen LogP contribution in [0.25, 0.3) is 0 Å². The summed E-state index contributed by atoms with van der Waals surface area (Å²) >= 11 is 0. The molecular formula is C16H21N5. The van der Waals surface area contributed by atoms with Crippen LogP contribution in [0.5, 0.6) is 0 Å². The molecule has 0 spiro atoms. The fraction of sp³-hybridized carbons (Fsp3) is 0.438. The number of aromatic nitrogens is 3. The largest absolute Gasteiger partial charge is 0.369 e. The molecule has 5 heteroatoms. The molecule has 0 bridgehead atoms. The van der Waals surface area contributed by atoms with Gasteiger partial charge in [-0.3, -0.25) is 0 Å². The maximum Gasteiger partial charge on any atom is 0.220 e. The number of unbranched alkanes of at least 4 members (excludes halogenated alkanes) is 2. The monoisotopic (exact) mass is 283 g/mol. The van der Waals surface area contributed by atoms with Gasteiger partial charge in [-0.25, -0.2) is 15.0 Å². The van der Waals surface area contributed by atoms with Gasteiger partial charge in [0.1, 0.15) is 5.82 Å². The molecule has 1 unspecified atom stereocenters. The Balaban J connectivity index is 1.92. The maximum absolute atomic E-state index is 5.72. The first-order valence-electron chi connectivity index (χ1n) is 7.59. The zero-order valence-electron chi connectivity index (χ0n) is 12.3. The SMILES string of the molecule is CCCCCc1ccnc2c1C(c1ccnc(N)n1)CN2. The molecule has 1 atom stereocenters. The molecule has 21 heavy (non-hydrogen) atoms. The van der Waals surface area contributed by atoms with Crippen LogP contribution < -0.4 is 11.1 Å². The van der Waals surface area contributed by atoms with E-state index in [4.69, 9.17) is 5.73 Å². The highest BCUT2D eigenvalue weighted by Gasteiger charge is 2.28. The van der Waals surface area contributed by atoms with E-state index in [1.165, 1.54) is 30.4 Å². The number of nitrogen functional groups attached to an aromatic ring is 1. The number of anilines is 2. The number of nitrogens with zero attached hydrogens (tertiary/aromatic N) is 3. The lowest BCUT2D eigenvalue weighted by Gasteiger charge is -2.14. The normalized spacial score (nSPS) is 16.5. The van der Waals surface area contributed by atoms with Crippen LogP contribution in [0.15, 0.2) is 24.5 Å². The van der Waals surface area contributed by atoms with Crippen LogP contribution >= 0.6 is 0 Å². The Labute approximate surface area is 125 Å². The van der Waals surface area contributed by atoms with Crippen LogP contribution in [0.1, 0.15) is 48.9 Å². The summed E-state index contributed by atoms with van der Waals surface area (Å²) in [5.74, 6) is 1.54. The molecule has 2 aromatic heterocycles. The first-order chi connectivity index (χ1) is 10.3. The van der Waals surface area contributed by atoms with Gasteiger partial charge in [0, 0.05) is 30.4 Å². The minimum atomic E-state index is 0.218. The average Bonchev–Trinajstić information content (AvgIpc) is 2.92. The van der Waals surface area contributed by atoms with E-state index in [-0.39, 0.29) is 5.92 Å². The van der Waals surface area contributed by atoms with Gasteiger partial charge in [-0.1, -0.05) is 19.8 Å². The number of aryl methyl sites for hydroxylation is 1. The van der Waals surface area contributed by atoms with Crippen LogP contribution in [0.4, 0.5) is 11.8 Å². The second-order valence-electron chi connectivity index (χ2n) is 5.46. The highest BCUT2D eigenvalue weighted by Crippen LogP contribution is 2.37. The van der Waals surface area contributed by atoms with E-state index in [1.807, 2.05) is 12.3 Å². The third-order valence-corrected chi connectivity index (χ3v) is 4.00. The lowest BCUT2D eigenvalue weighted by molar-refractivity contribution is 0.709. The van der Waals surface area contributed by atoms with E-state index in [9.17, 15) is 0 Å². The molecule has 0 amide bonds. The van der Waals surface area contributed by atoms with Gasteiger partial charge in [0.05, 0.1) is 5.69 Å². The van der Waals surface area contributed by atoms with Crippen molar-refractivity contribution in [3.8, 4) is 0 Å². The standard InChI is InChI=1S/C16H21N5/c1-2-3-4-5-11-6-8-18-15-14(11)12(10-20-15)13-7-9-19-16(17)21-13/h6-9,12H,2-5,10H2,1H3,(H,18,20)(H2,17,19,21). The zero-order valence-corrected chi connectivity index (χ0v) is 12.3. The van der Waals surface area contributed by atoms with Gasteiger partial charge < -0.3 is 11.1 Å². The molecule has 0 aliphatic carbocycles. The lowest BCUT2D eigenvalue weighted by atomic mass is 9.92. The van der Waals surface area contributed by atoms with E-state index < -0.39 is 0 Å². The molecule has 1 aliphatic rings. The molecule has 0 fully saturated rings. The van der Waals surface area contributed by atoms with Crippen LogP contribution in [-0.2, 0) is 6.42 Å². The Bertz CT molecular complexity index is 626.